The first-order chi connectivity index (χ1) is 11.7. The number of carbonyl (C=O) groups is 1. The van der Waals surface area contributed by atoms with Gasteiger partial charge in [-0.3, -0.25) is 9.69 Å². The highest BCUT2D eigenvalue weighted by atomic mass is 16.4. The molecule has 1 N–H and O–H groups in total. The Morgan fingerprint density at radius 1 is 1.17 bits per heavy atom. The number of para-hydroxylation sites is 1. The van der Waals surface area contributed by atoms with Crippen molar-refractivity contribution in [2.24, 2.45) is 0 Å². The van der Waals surface area contributed by atoms with Gasteiger partial charge in [-0.25, -0.2) is 0 Å². The molecule has 4 rings (SSSR count). The second-order valence-electron chi connectivity index (χ2n) is 6.58. The van der Waals surface area contributed by atoms with Crippen LogP contribution < -0.4 is 0 Å². The summed E-state index contributed by atoms with van der Waals surface area (Å²) in [7, 11) is 0. The number of aryl methyl sites for hydroxylation is 1. The van der Waals surface area contributed by atoms with Crippen molar-refractivity contribution in [1.82, 2.24) is 9.47 Å². The van der Waals surface area contributed by atoms with Crippen molar-refractivity contribution in [3.05, 3.63) is 48.0 Å². The Morgan fingerprint density at radius 3 is 2.75 bits per heavy atom. The molecule has 2 aromatic carbocycles. The SMILES string of the molecule is CCn1c2ccccc2c2cc(CN3CCC[C@H]3C(=O)O)ccc21. The average Bonchev–Trinajstić information content (AvgIpc) is 3.17. The quantitative estimate of drug-likeness (QED) is 0.793. The summed E-state index contributed by atoms with van der Waals surface area (Å²) in [5.74, 6) is -0.698. The summed E-state index contributed by atoms with van der Waals surface area (Å²) in [6.07, 6.45) is 1.72. The van der Waals surface area contributed by atoms with Crippen molar-refractivity contribution < 1.29 is 9.90 Å². The number of hydrogen-bond acceptors (Lipinski definition) is 2. The third kappa shape index (κ3) is 2.38. The van der Waals surface area contributed by atoms with E-state index in [1.165, 1.54) is 27.4 Å². The molecule has 24 heavy (non-hydrogen) atoms. The van der Waals surface area contributed by atoms with Crippen molar-refractivity contribution in [3.63, 3.8) is 0 Å². The second kappa shape index (κ2) is 5.95. The summed E-state index contributed by atoms with van der Waals surface area (Å²) in [6.45, 7) is 4.68. The molecule has 0 bridgehead atoms. The molecule has 2 heterocycles. The van der Waals surface area contributed by atoms with Crippen LogP contribution in [0.15, 0.2) is 42.5 Å². The van der Waals surface area contributed by atoms with Gasteiger partial charge in [0.15, 0.2) is 0 Å². The first kappa shape index (κ1) is 15.2. The van der Waals surface area contributed by atoms with Crippen LogP contribution in [0.1, 0.15) is 25.3 Å². The lowest BCUT2D eigenvalue weighted by molar-refractivity contribution is -0.142. The van der Waals surface area contributed by atoms with Gasteiger partial charge in [-0.2, -0.15) is 0 Å². The molecule has 0 unspecified atom stereocenters. The normalized spacial score (nSPS) is 18.6. The Labute approximate surface area is 141 Å². The summed E-state index contributed by atoms with van der Waals surface area (Å²) in [5.41, 5.74) is 3.70. The van der Waals surface area contributed by atoms with Crippen molar-refractivity contribution in [2.75, 3.05) is 6.54 Å². The van der Waals surface area contributed by atoms with E-state index in [2.05, 4.69) is 58.9 Å². The molecule has 1 aliphatic rings. The molecule has 4 heteroatoms. The highest BCUT2D eigenvalue weighted by Gasteiger charge is 2.30. The Morgan fingerprint density at radius 2 is 1.96 bits per heavy atom. The highest BCUT2D eigenvalue weighted by Crippen LogP contribution is 2.30. The zero-order valence-electron chi connectivity index (χ0n) is 13.9. The van der Waals surface area contributed by atoms with Crippen molar-refractivity contribution in [2.45, 2.75) is 38.9 Å². The monoisotopic (exact) mass is 322 g/mol. The van der Waals surface area contributed by atoms with E-state index in [0.717, 1.165) is 25.9 Å². The fourth-order valence-corrected chi connectivity index (χ4v) is 4.07. The number of benzene rings is 2. The number of nitrogens with zero attached hydrogens (tertiary/aromatic N) is 2. The van der Waals surface area contributed by atoms with Crippen LogP contribution in [-0.4, -0.2) is 33.1 Å². The van der Waals surface area contributed by atoms with Crippen molar-refractivity contribution in [1.29, 1.82) is 0 Å². The number of carboxylic acid groups (broad SMARTS) is 1. The van der Waals surface area contributed by atoms with Crippen LogP contribution in [-0.2, 0) is 17.9 Å². The molecule has 124 valence electrons. The molecular formula is C20H22N2O2. The first-order valence-corrected chi connectivity index (χ1v) is 8.65. The average molecular weight is 322 g/mol. The number of fused-ring (bicyclic) bond motifs is 3. The van der Waals surface area contributed by atoms with Gasteiger partial charge >= 0.3 is 5.97 Å². The fraction of sp³-hybridized carbons (Fsp3) is 0.350. The van der Waals surface area contributed by atoms with Gasteiger partial charge in [0, 0.05) is 34.9 Å². The Kier molecular flexibility index (Phi) is 3.77. The standard InChI is InChI=1S/C20H22N2O2/c1-2-22-17-7-4-3-6-15(17)16-12-14(9-10-18(16)22)13-21-11-5-8-19(21)20(23)24/h3-4,6-7,9-10,12,19H,2,5,8,11,13H2,1H3,(H,23,24)/t19-/m0/s1. The van der Waals surface area contributed by atoms with Gasteiger partial charge in [0.25, 0.3) is 0 Å². The summed E-state index contributed by atoms with van der Waals surface area (Å²) < 4.78 is 2.34. The Hall–Kier alpha value is -2.33. The van der Waals surface area contributed by atoms with E-state index in [-0.39, 0.29) is 6.04 Å². The minimum Gasteiger partial charge on any atom is -0.480 e. The van der Waals surface area contributed by atoms with Crippen molar-refractivity contribution in [3.8, 4) is 0 Å². The molecule has 0 saturated carbocycles. The molecule has 1 saturated heterocycles. The first-order valence-electron chi connectivity index (χ1n) is 8.65. The summed E-state index contributed by atoms with van der Waals surface area (Å²) in [4.78, 5) is 13.5. The van der Waals surface area contributed by atoms with Gasteiger partial charge in [-0.05, 0) is 50.1 Å². The maximum atomic E-state index is 11.4. The number of hydrogen-bond donors (Lipinski definition) is 1. The molecule has 1 fully saturated rings. The van der Waals surface area contributed by atoms with Crippen LogP contribution in [0.5, 0.6) is 0 Å². The predicted molar refractivity (Wildman–Crippen MR) is 96.2 cm³/mol. The Bertz CT molecular complexity index is 913. The van der Waals surface area contributed by atoms with Crippen molar-refractivity contribution >= 4 is 27.8 Å². The lowest BCUT2D eigenvalue weighted by Crippen LogP contribution is -2.35. The number of aromatic nitrogens is 1. The summed E-state index contributed by atoms with van der Waals surface area (Å²) >= 11 is 0. The molecule has 0 aliphatic carbocycles. The summed E-state index contributed by atoms with van der Waals surface area (Å²) in [5, 5.41) is 11.9. The van der Waals surface area contributed by atoms with Gasteiger partial charge < -0.3 is 9.67 Å². The third-order valence-electron chi connectivity index (χ3n) is 5.19. The molecule has 1 atom stereocenters. The van der Waals surface area contributed by atoms with E-state index in [0.29, 0.717) is 6.54 Å². The van der Waals surface area contributed by atoms with Gasteiger partial charge in [-0.1, -0.05) is 24.3 Å². The van der Waals surface area contributed by atoms with Crippen LogP contribution in [0.4, 0.5) is 0 Å². The van der Waals surface area contributed by atoms with E-state index in [9.17, 15) is 9.90 Å². The largest absolute Gasteiger partial charge is 0.480 e. The molecule has 0 spiro atoms. The maximum Gasteiger partial charge on any atom is 0.320 e. The molecule has 1 aliphatic heterocycles. The van der Waals surface area contributed by atoms with Crippen LogP contribution >= 0.6 is 0 Å². The van der Waals surface area contributed by atoms with E-state index in [1.54, 1.807) is 0 Å². The van der Waals surface area contributed by atoms with E-state index in [1.807, 2.05) is 0 Å². The van der Waals surface area contributed by atoms with Crippen LogP contribution in [0, 0.1) is 0 Å². The molecule has 0 radical (unpaired) electrons. The van der Waals surface area contributed by atoms with E-state index >= 15 is 0 Å². The topological polar surface area (TPSA) is 45.5 Å². The molecule has 1 aromatic heterocycles. The number of carboxylic acids is 1. The lowest BCUT2D eigenvalue weighted by atomic mass is 10.1. The maximum absolute atomic E-state index is 11.4. The smallest absolute Gasteiger partial charge is 0.320 e. The highest BCUT2D eigenvalue weighted by molar-refractivity contribution is 6.08. The second-order valence-corrected chi connectivity index (χ2v) is 6.58. The lowest BCUT2D eigenvalue weighted by Gasteiger charge is -2.21. The number of rotatable bonds is 4. The van der Waals surface area contributed by atoms with Crippen LogP contribution in [0.2, 0.25) is 0 Å². The van der Waals surface area contributed by atoms with Crippen LogP contribution in [0.25, 0.3) is 21.8 Å². The number of likely N-dealkylation sites (tertiary alicyclic amines) is 1. The minimum absolute atomic E-state index is 0.335. The van der Waals surface area contributed by atoms with Gasteiger partial charge in [0.2, 0.25) is 0 Å². The number of aliphatic carboxylic acids is 1. The fourth-order valence-electron chi connectivity index (χ4n) is 4.07. The van der Waals surface area contributed by atoms with Gasteiger partial charge in [-0.15, -0.1) is 0 Å². The van der Waals surface area contributed by atoms with Crippen LogP contribution in [0.3, 0.4) is 0 Å². The molecular weight excluding hydrogens is 300 g/mol. The molecule has 4 nitrogen and oxygen atoms in total. The molecule has 3 aromatic rings. The van der Waals surface area contributed by atoms with Gasteiger partial charge in [0.05, 0.1) is 0 Å². The van der Waals surface area contributed by atoms with Gasteiger partial charge in [0.1, 0.15) is 6.04 Å². The zero-order valence-corrected chi connectivity index (χ0v) is 13.9. The zero-order chi connectivity index (χ0) is 16.7. The summed E-state index contributed by atoms with van der Waals surface area (Å²) in [6, 6.07) is 14.7. The Balaban J connectivity index is 1.76. The van der Waals surface area contributed by atoms with E-state index in [4.69, 9.17) is 0 Å². The third-order valence-corrected chi connectivity index (χ3v) is 5.19. The van der Waals surface area contributed by atoms with E-state index < -0.39 is 5.97 Å². The predicted octanol–water partition coefficient (Wildman–Crippen LogP) is 3.86. The molecule has 0 amide bonds. The minimum atomic E-state index is -0.698.